The van der Waals surface area contributed by atoms with E-state index in [-0.39, 0.29) is 10.0 Å². The summed E-state index contributed by atoms with van der Waals surface area (Å²) in [6.45, 7) is 0. The minimum Gasteiger partial charge on any atom is -0.288 e. The van der Waals surface area contributed by atoms with Crippen LogP contribution in [0, 0.1) is 5.82 Å². The van der Waals surface area contributed by atoms with Gasteiger partial charge in [-0.15, -0.1) is 0 Å². The first kappa shape index (κ1) is 9.15. The molecule has 0 fully saturated rings. The van der Waals surface area contributed by atoms with Crippen molar-refractivity contribution in [1.29, 1.82) is 0 Å². The number of carbonyl (C=O) groups excluding carboxylic acids is 1. The van der Waals surface area contributed by atoms with E-state index < -0.39 is 11.7 Å². The first-order chi connectivity index (χ1) is 5.66. The highest BCUT2D eigenvalue weighted by molar-refractivity contribution is 9.10. The fraction of sp³-hybridized carbons (Fsp3) is 0. The Balaban J connectivity index is 3.16. The largest absolute Gasteiger partial charge is 0.288 e. The molecule has 0 radical (unpaired) electrons. The zero-order valence-corrected chi connectivity index (χ0v) is 7.43. The number of halogens is 2. The maximum atomic E-state index is 13.0. The van der Waals surface area contributed by atoms with Gasteiger partial charge in [0.1, 0.15) is 5.82 Å². The first-order valence-corrected chi connectivity index (χ1v) is 3.84. The molecule has 0 spiro atoms. The van der Waals surface area contributed by atoms with Gasteiger partial charge in [0.2, 0.25) is 0 Å². The molecule has 5 heteroatoms. The standard InChI is InChI=1S/C7H5BrFNO2/c8-5-3-1-2-4(6(5)9)7(11)10-12/h1-3,12H,(H,10,11). The van der Waals surface area contributed by atoms with Crippen LogP contribution in [0.1, 0.15) is 10.4 Å². The van der Waals surface area contributed by atoms with Crippen LogP contribution in [0.15, 0.2) is 22.7 Å². The number of carbonyl (C=O) groups is 1. The summed E-state index contributed by atoms with van der Waals surface area (Å²) in [6.07, 6.45) is 0. The maximum absolute atomic E-state index is 13.0. The van der Waals surface area contributed by atoms with E-state index in [1.807, 2.05) is 0 Å². The smallest absolute Gasteiger partial charge is 0.277 e. The molecular formula is C7H5BrFNO2. The molecule has 0 saturated heterocycles. The topological polar surface area (TPSA) is 49.3 Å². The van der Waals surface area contributed by atoms with Crippen molar-refractivity contribution in [2.24, 2.45) is 0 Å². The van der Waals surface area contributed by atoms with Crippen LogP contribution >= 0.6 is 15.9 Å². The monoisotopic (exact) mass is 233 g/mol. The molecule has 3 nitrogen and oxygen atoms in total. The highest BCUT2D eigenvalue weighted by Gasteiger charge is 2.12. The Labute approximate surface area is 76.3 Å². The van der Waals surface area contributed by atoms with Gasteiger partial charge in [-0.05, 0) is 28.1 Å². The van der Waals surface area contributed by atoms with Crippen molar-refractivity contribution in [1.82, 2.24) is 5.48 Å². The van der Waals surface area contributed by atoms with Crippen LogP contribution in [0.2, 0.25) is 0 Å². The number of hydrogen-bond acceptors (Lipinski definition) is 2. The highest BCUT2D eigenvalue weighted by atomic mass is 79.9. The molecule has 0 bridgehead atoms. The summed E-state index contributed by atoms with van der Waals surface area (Å²) in [5, 5.41) is 8.22. The molecule has 1 rings (SSSR count). The van der Waals surface area contributed by atoms with Crippen molar-refractivity contribution in [3.05, 3.63) is 34.1 Å². The van der Waals surface area contributed by atoms with Crippen LogP contribution in [0.25, 0.3) is 0 Å². The van der Waals surface area contributed by atoms with Gasteiger partial charge in [-0.25, -0.2) is 9.87 Å². The van der Waals surface area contributed by atoms with Crippen molar-refractivity contribution in [3.63, 3.8) is 0 Å². The van der Waals surface area contributed by atoms with Gasteiger partial charge in [0.05, 0.1) is 10.0 Å². The van der Waals surface area contributed by atoms with Crippen LogP contribution in [-0.4, -0.2) is 11.1 Å². The third kappa shape index (κ3) is 1.62. The quantitative estimate of drug-likeness (QED) is 0.574. The van der Waals surface area contributed by atoms with Crippen LogP contribution in [-0.2, 0) is 0 Å². The van der Waals surface area contributed by atoms with Crippen LogP contribution < -0.4 is 5.48 Å². The summed E-state index contributed by atoms with van der Waals surface area (Å²) in [5.74, 6) is -1.56. The second-order valence-electron chi connectivity index (χ2n) is 2.04. The summed E-state index contributed by atoms with van der Waals surface area (Å²) < 4.78 is 13.2. The molecule has 12 heavy (non-hydrogen) atoms. The molecular weight excluding hydrogens is 229 g/mol. The van der Waals surface area contributed by atoms with Crippen LogP contribution in [0.5, 0.6) is 0 Å². The molecule has 1 amide bonds. The van der Waals surface area contributed by atoms with E-state index in [2.05, 4.69) is 15.9 Å². The summed E-state index contributed by atoms with van der Waals surface area (Å²) in [7, 11) is 0. The second kappa shape index (κ2) is 3.64. The minimum atomic E-state index is -0.867. The Morgan fingerprint density at radius 1 is 1.58 bits per heavy atom. The average Bonchev–Trinajstić information content (AvgIpc) is 2.08. The fourth-order valence-corrected chi connectivity index (χ4v) is 1.11. The lowest BCUT2D eigenvalue weighted by Gasteiger charge is -2.00. The number of benzene rings is 1. The van der Waals surface area contributed by atoms with Gasteiger partial charge < -0.3 is 0 Å². The molecule has 1 aromatic rings. The van der Waals surface area contributed by atoms with Gasteiger partial charge in [0.25, 0.3) is 5.91 Å². The average molecular weight is 234 g/mol. The molecule has 0 aliphatic carbocycles. The third-order valence-corrected chi connectivity index (χ3v) is 1.91. The van der Waals surface area contributed by atoms with Crippen molar-refractivity contribution >= 4 is 21.8 Å². The number of amides is 1. The van der Waals surface area contributed by atoms with Gasteiger partial charge >= 0.3 is 0 Å². The summed E-state index contributed by atoms with van der Waals surface area (Å²) in [5.41, 5.74) is 1.15. The van der Waals surface area contributed by atoms with Crippen molar-refractivity contribution in [2.45, 2.75) is 0 Å². The lowest BCUT2D eigenvalue weighted by atomic mass is 10.2. The number of hydroxylamine groups is 1. The molecule has 2 N–H and O–H groups in total. The third-order valence-electron chi connectivity index (χ3n) is 1.30. The van der Waals surface area contributed by atoms with Gasteiger partial charge in [-0.1, -0.05) is 6.07 Å². The SMILES string of the molecule is O=C(NO)c1cccc(Br)c1F. The van der Waals surface area contributed by atoms with Gasteiger partial charge in [-0.3, -0.25) is 10.0 Å². The van der Waals surface area contributed by atoms with Crippen LogP contribution in [0.3, 0.4) is 0 Å². The Morgan fingerprint density at radius 3 is 2.83 bits per heavy atom. The maximum Gasteiger partial charge on any atom is 0.277 e. The summed E-state index contributed by atoms with van der Waals surface area (Å²) in [4.78, 5) is 10.8. The van der Waals surface area contributed by atoms with E-state index in [4.69, 9.17) is 5.21 Å². The highest BCUT2D eigenvalue weighted by Crippen LogP contribution is 2.18. The lowest BCUT2D eigenvalue weighted by Crippen LogP contribution is -2.19. The Hall–Kier alpha value is -0.940. The van der Waals surface area contributed by atoms with E-state index in [0.717, 1.165) is 0 Å². The Morgan fingerprint density at radius 2 is 2.25 bits per heavy atom. The molecule has 0 aliphatic rings. The molecule has 0 heterocycles. The van der Waals surface area contributed by atoms with Gasteiger partial charge in [0.15, 0.2) is 0 Å². The van der Waals surface area contributed by atoms with E-state index in [9.17, 15) is 9.18 Å². The van der Waals surface area contributed by atoms with E-state index >= 15 is 0 Å². The predicted molar refractivity (Wildman–Crippen MR) is 43.4 cm³/mol. The van der Waals surface area contributed by atoms with Gasteiger partial charge in [0, 0.05) is 0 Å². The molecule has 0 aliphatic heterocycles. The Bertz CT molecular complexity index is 316. The molecule has 64 valence electrons. The number of rotatable bonds is 1. The minimum absolute atomic E-state index is 0.184. The number of nitrogens with one attached hydrogen (secondary N) is 1. The van der Waals surface area contributed by atoms with Crippen LogP contribution in [0.4, 0.5) is 4.39 Å². The molecule has 0 atom stereocenters. The fourth-order valence-electron chi connectivity index (χ4n) is 0.739. The van der Waals surface area contributed by atoms with E-state index in [1.165, 1.54) is 23.7 Å². The van der Waals surface area contributed by atoms with E-state index in [0.29, 0.717) is 0 Å². The summed E-state index contributed by atoms with van der Waals surface area (Å²) >= 11 is 2.91. The number of hydrogen-bond donors (Lipinski definition) is 2. The molecule has 1 aromatic carbocycles. The van der Waals surface area contributed by atoms with Crippen molar-refractivity contribution in [2.75, 3.05) is 0 Å². The first-order valence-electron chi connectivity index (χ1n) is 3.05. The molecule has 0 saturated carbocycles. The Kier molecular flexibility index (Phi) is 2.78. The zero-order chi connectivity index (χ0) is 9.14. The zero-order valence-electron chi connectivity index (χ0n) is 5.84. The molecule has 0 unspecified atom stereocenters. The predicted octanol–water partition coefficient (Wildman–Crippen LogP) is 1.71. The normalized spacial score (nSPS) is 9.58. The summed E-state index contributed by atoms with van der Waals surface area (Å²) in [6, 6.07) is 4.23. The molecule has 0 aromatic heterocycles. The van der Waals surface area contributed by atoms with Crippen molar-refractivity contribution < 1.29 is 14.4 Å². The van der Waals surface area contributed by atoms with E-state index in [1.54, 1.807) is 0 Å². The van der Waals surface area contributed by atoms with Crippen molar-refractivity contribution in [3.8, 4) is 0 Å². The van der Waals surface area contributed by atoms with Gasteiger partial charge in [-0.2, -0.15) is 0 Å². The second-order valence-corrected chi connectivity index (χ2v) is 2.90. The lowest BCUT2D eigenvalue weighted by molar-refractivity contribution is 0.0701.